The molecule has 0 aromatic heterocycles. The summed E-state index contributed by atoms with van der Waals surface area (Å²) in [6, 6.07) is 4.47. The second-order valence-electron chi connectivity index (χ2n) is 4.29. The summed E-state index contributed by atoms with van der Waals surface area (Å²) in [7, 11) is 0. The van der Waals surface area contributed by atoms with E-state index in [4.69, 9.17) is 16.2 Å². The first-order valence-corrected chi connectivity index (χ1v) is 5.64. The fraction of sp³-hybridized carbons (Fsp3) is 0.500. The predicted molar refractivity (Wildman–Crippen MR) is 61.7 cm³/mol. The van der Waals surface area contributed by atoms with Gasteiger partial charge in [-0.05, 0) is 31.4 Å². The van der Waals surface area contributed by atoms with Crippen LogP contribution < -0.4 is 16.2 Å². The Bertz CT molecular complexity index is 370. The van der Waals surface area contributed by atoms with Gasteiger partial charge in [0.2, 0.25) is 0 Å². The lowest BCUT2D eigenvalue weighted by atomic mass is 9.93. The molecule has 3 nitrogen and oxygen atoms in total. The number of benzene rings is 1. The number of ether oxygens (including phenoxy) is 1. The summed E-state index contributed by atoms with van der Waals surface area (Å²) >= 11 is 0. The van der Waals surface area contributed by atoms with Crippen LogP contribution in [0.2, 0.25) is 0 Å². The van der Waals surface area contributed by atoms with Crippen LogP contribution in [0, 0.1) is 5.82 Å². The van der Waals surface area contributed by atoms with Crippen molar-refractivity contribution < 1.29 is 9.13 Å². The minimum absolute atomic E-state index is 0.00528. The fourth-order valence-electron chi connectivity index (χ4n) is 2.05. The third-order valence-electron chi connectivity index (χ3n) is 2.99. The largest absolute Gasteiger partial charge is 0.486 e. The number of anilines is 1. The van der Waals surface area contributed by atoms with E-state index in [2.05, 4.69) is 0 Å². The number of hydrogen-bond donors (Lipinski definition) is 2. The lowest BCUT2D eigenvalue weighted by molar-refractivity contribution is 0.127. The molecule has 0 aliphatic heterocycles. The van der Waals surface area contributed by atoms with Gasteiger partial charge in [-0.3, -0.25) is 0 Å². The molecule has 1 aliphatic carbocycles. The molecule has 0 bridgehead atoms. The Labute approximate surface area is 94.6 Å². The van der Waals surface area contributed by atoms with Gasteiger partial charge in [-0.25, -0.2) is 4.39 Å². The average Bonchev–Trinajstić information content (AvgIpc) is 2.25. The summed E-state index contributed by atoms with van der Waals surface area (Å²) in [5.41, 5.74) is 11.8. The van der Waals surface area contributed by atoms with Crippen LogP contribution in [0.25, 0.3) is 0 Å². The normalized spacial score (nSPS) is 25.4. The summed E-state index contributed by atoms with van der Waals surface area (Å²) in [5, 5.41) is 0. The Kier molecular flexibility index (Phi) is 3.29. The van der Waals surface area contributed by atoms with Gasteiger partial charge in [0, 0.05) is 17.8 Å². The molecule has 0 amide bonds. The third kappa shape index (κ3) is 2.44. The van der Waals surface area contributed by atoms with Crippen molar-refractivity contribution >= 4 is 5.69 Å². The van der Waals surface area contributed by atoms with Crippen LogP contribution in [-0.2, 0) is 0 Å². The lowest BCUT2D eigenvalue weighted by Crippen LogP contribution is -2.41. The van der Waals surface area contributed by atoms with Gasteiger partial charge >= 0.3 is 0 Å². The quantitative estimate of drug-likeness (QED) is 0.756. The second-order valence-corrected chi connectivity index (χ2v) is 4.29. The zero-order chi connectivity index (χ0) is 11.5. The van der Waals surface area contributed by atoms with E-state index >= 15 is 0 Å². The van der Waals surface area contributed by atoms with Crippen LogP contribution in [0.5, 0.6) is 5.75 Å². The lowest BCUT2D eigenvalue weighted by Gasteiger charge is -2.29. The van der Waals surface area contributed by atoms with Gasteiger partial charge in [-0.15, -0.1) is 0 Å². The molecule has 1 aliphatic rings. The minimum atomic E-state index is -0.419. The highest BCUT2D eigenvalue weighted by Gasteiger charge is 2.24. The maximum atomic E-state index is 13.5. The van der Waals surface area contributed by atoms with Crippen molar-refractivity contribution in [3.05, 3.63) is 24.0 Å². The molecule has 2 unspecified atom stereocenters. The first kappa shape index (κ1) is 11.2. The van der Waals surface area contributed by atoms with E-state index in [0.717, 1.165) is 25.7 Å². The summed E-state index contributed by atoms with van der Waals surface area (Å²) in [5.74, 6) is -0.172. The van der Waals surface area contributed by atoms with Gasteiger partial charge in [-0.2, -0.15) is 0 Å². The number of rotatable bonds is 2. The van der Waals surface area contributed by atoms with E-state index in [1.54, 1.807) is 12.1 Å². The Balaban J connectivity index is 2.07. The van der Waals surface area contributed by atoms with Gasteiger partial charge in [-0.1, -0.05) is 6.42 Å². The van der Waals surface area contributed by atoms with E-state index in [1.807, 2.05) is 0 Å². The van der Waals surface area contributed by atoms with E-state index in [9.17, 15) is 4.39 Å². The molecule has 0 radical (unpaired) electrons. The van der Waals surface area contributed by atoms with Crippen LogP contribution in [0.1, 0.15) is 25.7 Å². The number of nitrogen functional groups attached to an aromatic ring is 1. The smallest absolute Gasteiger partial charge is 0.167 e. The molecule has 1 fully saturated rings. The van der Waals surface area contributed by atoms with Crippen molar-refractivity contribution in [3.8, 4) is 5.75 Å². The Hall–Kier alpha value is -1.29. The number of hydrogen-bond acceptors (Lipinski definition) is 3. The molecule has 4 heteroatoms. The molecule has 16 heavy (non-hydrogen) atoms. The minimum Gasteiger partial charge on any atom is -0.486 e. The molecule has 0 spiro atoms. The molecule has 1 aromatic rings. The Morgan fingerprint density at radius 2 is 2.00 bits per heavy atom. The Morgan fingerprint density at radius 1 is 1.25 bits per heavy atom. The van der Waals surface area contributed by atoms with Crippen molar-refractivity contribution in [2.75, 3.05) is 5.73 Å². The van der Waals surface area contributed by atoms with Crippen LogP contribution >= 0.6 is 0 Å². The maximum absolute atomic E-state index is 13.5. The molecule has 88 valence electrons. The van der Waals surface area contributed by atoms with E-state index in [1.165, 1.54) is 6.07 Å². The molecule has 4 N–H and O–H groups in total. The number of halogens is 1. The van der Waals surface area contributed by atoms with Crippen molar-refractivity contribution in [2.45, 2.75) is 37.8 Å². The zero-order valence-electron chi connectivity index (χ0n) is 9.16. The standard InChI is InChI=1S/C12H17FN2O/c13-9-7-8(14)5-6-11(9)16-12-4-2-1-3-10(12)15/h5-7,10,12H,1-4,14-15H2. The first-order chi connectivity index (χ1) is 7.66. The van der Waals surface area contributed by atoms with E-state index in [0.29, 0.717) is 5.69 Å². The maximum Gasteiger partial charge on any atom is 0.167 e. The van der Waals surface area contributed by atoms with E-state index in [-0.39, 0.29) is 17.9 Å². The molecule has 1 aromatic carbocycles. The van der Waals surface area contributed by atoms with Crippen molar-refractivity contribution in [3.63, 3.8) is 0 Å². The van der Waals surface area contributed by atoms with Gasteiger partial charge in [0.1, 0.15) is 6.10 Å². The zero-order valence-corrected chi connectivity index (χ0v) is 9.16. The molecular formula is C12H17FN2O. The molecular weight excluding hydrogens is 207 g/mol. The summed E-state index contributed by atoms with van der Waals surface area (Å²) in [6.07, 6.45) is 3.98. The topological polar surface area (TPSA) is 61.3 Å². The summed E-state index contributed by atoms with van der Waals surface area (Å²) in [6.45, 7) is 0. The summed E-state index contributed by atoms with van der Waals surface area (Å²) < 4.78 is 19.1. The average molecular weight is 224 g/mol. The van der Waals surface area contributed by atoms with Gasteiger partial charge < -0.3 is 16.2 Å². The first-order valence-electron chi connectivity index (χ1n) is 5.64. The second kappa shape index (κ2) is 4.70. The molecule has 1 saturated carbocycles. The van der Waals surface area contributed by atoms with Crippen molar-refractivity contribution in [1.82, 2.24) is 0 Å². The van der Waals surface area contributed by atoms with Crippen LogP contribution in [0.3, 0.4) is 0 Å². The van der Waals surface area contributed by atoms with Crippen molar-refractivity contribution in [2.24, 2.45) is 5.73 Å². The number of nitrogens with two attached hydrogens (primary N) is 2. The van der Waals surface area contributed by atoms with Crippen LogP contribution in [-0.4, -0.2) is 12.1 Å². The van der Waals surface area contributed by atoms with Gasteiger partial charge in [0.25, 0.3) is 0 Å². The van der Waals surface area contributed by atoms with Crippen LogP contribution in [0.15, 0.2) is 18.2 Å². The highest BCUT2D eigenvalue weighted by molar-refractivity contribution is 5.42. The molecule has 0 saturated heterocycles. The highest BCUT2D eigenvalue weighted by Crippen LogP contribution is 2.25. The van der Waals surface area contributed by atoms with Crippen LogP contribution in [0.4, 0.5) is 10.1 Å². The molecule has 0 heterocycles. The SMILES string of the molecule is Nc1ccc(OC2CCCCC2N)c(F)c1. The fourth-order valence-corrected chi connectivity index (χ4v) is 2.05. The Morgan fingerprint density at radius 3 is 2.69 bits per heavy atom. The van der Waals surface area contributed by atoms with E-state index < -0.39 is 5.82 Å². The monoisotopic (exact) mass is 224 g/mol. The van der Waals surface area contributed by atoms with Gasteiger partial charge in [0.05, 0.1) is 0 Å². The third-order valence-corrected chi connectivity index (χ3v) is 2.99. The van der Waals surface area contributed by atoms with Gasteiger partial charge in [0.15, 0.2) is 11.6 Å². The molecule has 2 atom stereocenters. The summed E-state index contributed by atoms with van der Waals surface area (Å²) in [4.78, 5) is 0. The highest BCUT2D eigenvalue weighted by atomic mass is 19.1. The van der Waals surface area contributed by atoms with Crippen molar-refractivity contribution in [1.29, 1.82) is 0 Å². The molecule has 2 rings (SSSR count). The predicted octanol–water partition coefficient (Wildman–Crippen LogP) is 2.06.